The van der Waals surface area contributed by atoms with Crippen LogP contribution in [0.5, 0.6) is 0 Å². The summed E-state index contributed by atoms with van der Waals surface area (Å²) in [5.41, 5.74) is 5.16. The zero-order valence-corrected chi connectivity index (χ0v) is 16.9. The third kappa shape index (κ3) is 4.83. The van der Waals surface area contributed by atoms with E-state index in [-0.39, 0.29) is 37.5 Å². The summed E-state index contributed by atoms with van der Waals surface area (Å²) in [5.74, 6) is -0.170. The van der Waals surface area contributed by atoms with Crippen LogP contribution in [0.4, 0.5) is 5.69 Å². The molecule has 0 saturated carbocycles. The van der Waals surface area contributed by atoms with Crippen LogP contribution in [0.1, 0.15) is 31.4 Å². The number of amides is 2. The molecule has 2 amide bonds. The van der Waals surface area contributed by atoms with Crippen molar-refractivity contribution in [2.24, 2.45) is 0 Å². The molecule has 154 valence electrons. The van der Waals surface area contributed by atoms with E-state index in [9.17, 15) is 9.59 Å². The summed E-state index contributed by atoms with van der Waals surface area (Å²) in [7, 11) is 0. The summed E-state index contributed by atoms with van der Waals surface area (Å²) in [6.45, 7) is 3.10. The van der Waals surface area contributed by atoms with E-state index < -0.39 is 6.04 Å². The fourth-order valence-electron chi connectivity index (χ4n) is 3.84. The molecule has 0 saturated heterocycles. The monoisotopic (exact) mass is 396 g/mol. The number of aliphatic hydroxyl groups excluding tert-OH is 2. The molecule has 0 unspecified atom stereocenters. The molecule has 6 heteroatoms. The highest BCUT2D eigenvalue weighted by molar-refractivity contribution is 5.94. The van der Waals surface area contributed by atoms with Gasteiger partial charge in [0.15, 0.2) is 0 Å². The van der Waals surface area contributed by atoms with Crippen LogP contribution in [0.3, 0.4) is 0 Å². The quantitative estimate of drug-likeness (QED) is 0.697. The number of benzene rings is 2. The van der Waals surface area contributed by atoms with E-state index in [1.807, 2.05) is 41.3 Å². The van der Waals surface area contributed by atoms with Crippen LogP contribution in [-0.2, 0) is 22.4 Å². The maximum atomic E-state index is 12.0. The molecule has 2 aromatic rings. The summed E-state index contributed by atoms with van der Waals surface area (Å²) >= 11 is 0. The molecule has 0 aromatic heterocycles. The number of carbonyl (C=O) groups is 2. The minimum Gasteiger partial charge on any atom is -0.394 e. The van der Waals surface area contributed by atoms with Crippen molar-refractivity contribution >= 4 is 17.5 Å². The summed E-state index contributed by atoms with van der Waals surface area (Å²) < 4.78 is 0. The number of hydrogen-bond donors (Lipinski definition) is 3. The molecule has 1 atom stereocenters. The van der Waals surface area contributed by atoms with Crippen LogP contribution in [0.15, 0.2) is 42.5 Å². The minimum absolute atomic E-state index is 0.0680. The number of anilines is 1. The van der Waals surface area contributed by atoms with E-state index in [1.165, 1.54) is 5.56 Å². The molecule has 1 heterocycles. The van der Waals surface area contributed by atoms with E-state index in [0.29, 0.717) is 0 Å². The summed E-state index contributed by atoms with van der Waals surface area (Å²) in [6.07, 6.45) is 2.09. The number of aliphatic hydroxyl groups is 2. The van der Waals surface area contributed by atoms with E-state index in [2.05, 4.69) is 18.3 Å². The zero-order valence-electron chi connectivity index (χ0n) is 16.9. The fourth-order valence-corrected chi connectivity index (χ4v) is 3.84. The van der Waals surface area contributed by atoms with Gasteiger partial charge in [0.1, 0.15) is 0 Å². The Bertz CT molecular complexity index is 875. The number of nitrogens with zero attached hydrogens (tertiary/aromatic N) is 1. The normalized spacial score (nSPS) is 15.9. The second-order valence-corrected chi connectivity index (χ2v) is 7.62. The van der Waals surface area contributed by atoms with Crippen molar-refractivity contribution in [3.05, 3.63) is 53.6 Å². The lowest BCUT2D eigenvalue weighted by Crippen LogP contribution is -2.40. The van der Waals surface area contributed by atoms with Crippen LogP contribution >= 0.6 is 0 Å². The molecular formula is C23H28N2O4. The van der Waals surface area contributed by atoms with Crippen molar-refractivity contribution in [3.63, 3.8) is 0 Å². The molecule has 3 N–H and O–H groups in total. The Labute approximate surface area is 171 Å². The van der Waals surface area contributed by atoms with E-state index in [4.69, 9.17) is 10.2 Å². The van der Waals surface area contributed by atoms with Gasteiger partial charge in [-0.25, -0.2) is 0 Å². The third-order valence-corrected chi connectivity index (χ3v) is 5.41. The molecular weight excluding hydrogens is 368 g/mol. The smallest absolute Gasteiger partial charge is 0.224 e. The molecule has 2 aromatic carbocycles. The average molecular weight is 396 g/mol. The van der Waals surface area contributed by atoms with Crippen LogP contribution in [0, 0.1) is 0 Å². The molecule has 1 aliphatic heterocycles. The first kappa shape index (κ1) is 21.0. The molecule has 3 rings (SSSR count). The molecule has 0 fully saturated rings. The van der Waals surface area contributed by atoms with Gasteiger partial charge >= 0.3 is 0 Å². The van der Waals surface area contributed by atoms with Gasteiger partial charge in [-0.1, -0.05) is 30.3 Å². The van der Waals surface area contributed by atoms with E-state index in [1.54, 1.807) is 6.92 Å². The van der Waals surface area contributed by atoms with Gasteiger partial charge in [-0.2, -0.15) is 0 Å². The van der Waals surface area contributed by atoms with E-state index >= 15 is 0 Å². The first-order valence-electron chi connectivity index (χ1n) is 9.96. The van der Waals surface area contributed by atoms with Crippen molar-refractivity contribution in [3.8, 4) is 11.1 Å². The lowest BCUT2D eigenvalue weighted by molar-refractivity contribution is -0.121. The van der Waals surface area contributed by atoms with Gasteiger partial charge in [0.2, 0.25) is 11.8 Å². The standard InChI is InChI=1S/C23H28N2O4/c1-15-3-6-20-12-19(9-10-22(20)25(15)16(2)28)18-7-4-17(5-8-18)11-23(29)24-21(13-26)14-27/h4-5,7-10,12,15,21,26-27H,3,6,11,13-14H2,1-2H3,(H,24,29)/t15-/m0/s1. The SMILES string of the molecule is CC(=O)N1c2ccc(-c3ccc(CC(=O)NC(CO)CO)cc3)cc2CC[C@@H]1C. The third-order valence-electron chi connectivity index (χ3n) is 5.41. The molecule has 0 aliphatic carbocycles. The minimum atomic E-state index is -0.630. The molecule has 0 radical (unpaired) electrons. The lowest BCUT2D eigenvalue weighted by atomic mass is 9.92. The maximum Gasteiger partial charge on any atom is 0.224 e. The molecule has 1 aliphatic rings. The van der Waals surface area contributed by atoms with Gasteiger partial charge in [0.25, 0.3) is 0 Å². The van der Waals surface area contributed by atoms with Crippen molar-refractivity contribution in [1.82, 2.24) is 5.32 Å². The fraction of sp³-hybridized carbons (Fsp3) is 0.391. The Kier molecular flexibility index (Phi) is 6.67. The van der Waals surface area contributed by atoms with Crippen LogP contribution in [0.25, 0.3) is 11.1 Å². The average Bonchev–Trinajstić information content (AvgIpc) is 2.71. The van der Waals surface area contributed by atoms with Gasteiger partial charge in [0, 0.05) is 18.7 Å². The van der Waals surface area contributed by atoms with Crippen LogP contribution in [0.2, 0.25) is 0 Å². The van der Waals surface area contributed by atoms with Gasteiger partial charge in [-0.3, -0.25) is 9.59 Å². The Morgan fingerprint density at radius 1 is 1.10 bits per heavy atom. The first-order valence-corrected chi connectivity index (χ1v) is 9.96. The van der Waals surface area contributed by atoms with Gasteiger partial charge in [0.05, 0.1) is 25.7 Å². The second-order valence-electron chi connectivity index (χ2n) is 7.62. The van der Waals surface area contributed by atoms with Crippen LogP contribution in [-0.4, -0.2) is 47.3 Å². The maximum absolute atomic E-state index is 12.0. The van der Waals surface area contributed by atoms with Gasteiger partial charge < -0.3 is 20.4 Å². The number of nitrogens with one attached hydrogen (secondary N) is 1. The number of hydrogen-bond acceptors (Lipinski definition) is 4. The largest absolute Gasteiger partial charge is 0.394 e. The molecule has 6 nitrogen and oxygen atoms in total. The number of rotatable bonds is 6. The first-order chi connectivity index (χ1) is 13.9. The molecule has 29 heavy (non-hydrogen) atoms. The number of aryl methyl sites for hydroxylation is 1. The van der Waals surface area contributed by atoms with Crippen LogP contribution < -0.4 is 10.2 Å². The van der Waals surface area contributed by atoms with Crippen molar-refractivity contribution < 1.29 is 19.8 Å². The van der Waals surface area contributed by atoms with Gasteiger partial charge in [-0.05, 0) is 54.2 Å². The molecule has 0 bridgehead atoms. The van der Waals surface area contributed by atoms with Gasteiger partial charge in [-0.15, -0.1) is 0 Å². The highest BCUT2D eigenvalue weighted by atomic mass is 16.3. The highest BCUT2D eigenvalue weighted by Gasteiger charge is 2.26. The Morgan fingerprint density at radius 2 is 1.76 bits per heavy atom. The van der Waals surface area contributed by atoms with Crippen molar-refractivity contribution in [1.29, 1.82) is 0 Å². The highest BCUT2D eigenvalue weighted by Crippen LogP contribution is 2.34. The topological polar surface area (TPSA) is 89.9 Å². The lowest BCUT2D eigenvalue weighted by Gasteiger charge is -2.34. The Balaban J connectivity index is 1.74. The summed E-state index contributed by atoms with van der Waals surface area (Å²) in [5, 5.41) is 20.7. The number of fused-ring (bicyclic) bond motifs is 1. The Morgan fingerprint density at radius 3 is 2.38 bits per heavy atom. The summed E-state index contributed by atoms with van der Waals surface area (Å²) in [4.78, 5) is 25.9. The zero-order chi connectivity index (χ0) is 21.0. The summed E-state index contributed by atoms with van der Waals surface area (Å²) in [6, 6.07) is 13.6. The van der Waals surface area contributed by atoms with Crippen molar-refractivity contribution in [2.75, 3.05) is 18.1 Å². The van der Waals surface area contributed by atoms with Crippen molar-refractivity contribution in [2.45, 2.75) is 45.2 Å². The Hall–Kier alpha value is -2.70. The predicted molar refractivity (Wildman–Crippen MR) is 113 cm³/mol. The molecule has 0 spiro atoms. The van der Waals surface area contributed by atoms with E-state index in [0.717, 1.165) is 35.2 Å². The predicted octanol–water partition coefficient (Wildman–Crippen LogP) is 2.05. The second kappa shape index (κ2) is 9.20. The number of carbonyl (C=O) groups excluding carboxylic acids is 2.